The fourth-order valence-electron chi connectivity index (χ4n) is 0.448. The van der Waals surface area contributed by atoms with E-state index in [0.717, 1.165) is 0 Å². The molecule has 4 nitrogen and oxygen atoms in total. The van der Waals surface area contributed by atoms with Crippen molar-refractivity contribution in [1.29, 1.82) is 0 Å². The molecular weight excluding hydrogens is 154 g/mol. The maximum atomic E-state index is 10.9. The third-order valence-electron chi connectivity index (χ3n) is 1.24. The Hall–Kier alpha value is -0.130. The van der Waals surface area contributed by atoms with Crippen LogP contribution in [-0.2, 0) is 9.84 Å². The molecule has 10 heavy (non-hydrogen) atoms. The molecule has 0 radical (unpaired) electrons. The summed E-state index contributed by atoms with van der Waals surface area (Å²) in [6, 6.07) is 0. The zero-order valence-corrected chi connectivity index (χ0v) is 6.93. The summed E-state index contributed by atoms with van der Waals surface area (Å²) < 4.78 is 21.9. The second-order valence-corrected chi connectivity index (χ2v) is 4.99. The van der Waals surface area contributed by atoms with E-state index in [9.17, 15) is 8.42 Å². The molecule has 0 amide bonds. The molecule has 0 fully saturated rings. The lowest BCUT2D eigenvalue weighted by molar-refractivity contribution is 0.255. The first-order chi connectivity index (χ1) is 4.42. The molecule has 0 heterocycles. The minimum atomic E-state index is -3.40. The first kappa shape index (κ1) is 9.87. The predicted molar refractivity (Wildman–Crippen MR) is 39.1 cm³/mol. The molecule has 0 aliphatic heterocycles. The van der Waals surface area contributed by atoms with Crippen molar-refractivity contribution < 1.29 is 13.5 Å². The smallest absolute Gasteiger partial charge is 0.180 e. The molecule has 0 aromatic rings. The van der Waals surface area contributed by atoms with E-state index in [1.807, 2.05) is 0 Å². The molecular formula is C5H13NO3S. The third-order valence-corrected chi connectivity index (χ3v) is 3.50. The van der Waals surface area contributed by atoms with E-state index in [4.69, 9.17) is 10.8 Å². The van der Waals surface area contributed by atoms with Crippen molar-refractivity contribution in [1.82, 2.24) is 0 Å². The third kappa shape index (κ3) is 1.93. The zero-order chi connectivity index (χ0) is 8.36. The molecule has 0 aliphatic carbocycles. The molecule has 0 spiro atoms. The van der Waals surface area contributed by atoms with Gasteiger partial charge in [-0.2, -0.15) is 0 Å². The van der Waals surface area contributed by atoms with Gasteiger partial charge in [0.2, 0.25) is 0 Å². The highest BCUT2D eigenvalue weighted by Crippen LogP contribution is 2.04. The zero-order valence-electron chi connectivity index (χ0n) is 6.11. The number of hydrogen-bond donors (Lipinski definition) is 2. The highest BCUT2D eigenvalue weighted by Gasteiger charge is 2.24. The molecule has 0 rings (SSSR count). The molecule has 0 saturated heterocycles. The summed E-state index contributed by atoms with van der Waals surface area (Å²) in [6.07, 6.45) is 0. The van der Waals surface area contributed by atoms with Crippen molar-refractivity contribution in [2.24, 2.45) is 5.73 Å². The monoisotopic (exact) mass is 167 g/mol. The average molecular weight is 167 g/mol. The van der Waals surface area contributed by atoms with Crippen LogP contribution in [0.2, 0.25) is 0 Å². The Morgan fingerprint density at radius 1 is 1.50 bits per heavy atom. The number of hydrogen-bond acceptors (Lipinski definition) is 4. The van der Waals surface area contributed by atoms with Gasteiger partial charge in [0, 0.05) is 6.54 Å². The maximum absolute atomic E-state index is 10.9. The highest BCUT2D eigenvalue weighted by atomic mass is 32.2. The standard InChI is InChI=1S/C5H13NO3S/c1-4(2)10(8,9)5(7)3-6/h4-5,7H,3,6H2,1-2H3. The molecule has 0 aliphatic rings. The Morgan fingerprint density at radius 3 is 2.00 bits per heavy atom. The molecule has 1 atom stereocenters. The van der Waals surface area contributed by atoms with Gasteiger partial charge < -0.3 is 10.8 Å². The summed E-state index contributed by atoms with van der Waals surface area (Å²) in [5.41, 5.74) is 3.56. The Balaban J connectivity index is 4.42. The van der Waals surface area contributed by atoms with Crippen LogP contribution in [0, 0.1) is 0 Å². The van der Waals surface area contributed by atoms with Crippen LogP contribution in [0.15, 0.2) is 0 Å². The predicted octanol–water partition coefficient (Wildman–Crippen LogP) is -0.913. The number of aliphatic hydroxyl groups is 1. The van der Waals surface area contributed by atoms with Gasteiger partial charge in [-0.3, -0.25) is 0 Å². The van der Waals surface area contributed by atoms with E-state index in [-0.39, 0.29) is 6.54 Å². The SMILES string of the molecule is CC(C)S(=O)(=O)C(O)CN. The number of nitrogens with two attached hydrogens (primary N) is 1. The Kier molecular flexibility index (Phi) is 3.27. The van der Waals surface area contributed by atoms with Crippen molar-refractivity contribution in [2.45, 2.75) is 24.5 Å². The van der Waals surface area contributed by atoms with Crippen LogP contribution in [0.5, 0.6) is 0 Å². The Morgan fingerprint density at radius 2 is 1.90 bits per heavy atom. The van der Waals surface area contributed by atoms with E-state index in [1.54, 1.807) is 0 Å². The van der Waals surface area contributed by atoms with Crippen LogP contribution in [-0.4, -0.2) is 30.8 Å². The van der Waals surface area contributed by atoms with Crippen molar-refractivity contribution >= 4 is 9.84 Å². The van der Waals surface area contributed by atoms with Gasteiger partial charge in [-0.15, -0.1) is 0 Å². The van der Waals surface area contributed by atoms with Gasteiger partial charge in [-0.25, -0.2) is 8.42 Å². The largest absolute Gasteiger partial charge is 0.376 e. The second-order valence-electron chi connectivity index (χ2n) is 2.33. The first-order valence-corrected chi connectivity index (χ1v) is 4.64. The Labute approximate surface area is 61.0 Å². The summed E-state index contributed by atoms with van der Waals surface area (Å²) in [6.45, 7) is 2.78. The van der Waals surface area contributed by atoms with Crippen LogP contribution in [0.3, 0.4) is 0 Å². The molecule has 3 N–H and O–H groups in total. The first-order valence-electron chi connectivity index (χ1n) is 3.03. The lowest BCUT2D eigenvalue weighted by Gasteiger charge is -2.11. The van der Waals surface area contributed by atoms with Gasteiger partial charge in [0.1, 0.15) is 0 Å². The molecule has 62 valence electrons. The van der Waals surface area contributed by atoms with Gasteiger partial charge in [-0.1, -0.05) is 0 Å². The van der Waals surface area contributed by atoms with Crippen LogP contribution in [0.25, 0.3) is 0 Å². The van der Waals surface area contributed by atoms with E-state index in [2.05, 4.69) is 0 Å². The van der Waals surface area contributed by atoms with Gasteiger partial charge in [0.15, 0.2) is 15.3 Å². The van der Waals surface area contributed by atoms with Crippen molar-refractivity contribution in [3.05, 3.63) is 0 Å². The van der Waals surface area contributed by atoms with Gasteiger partial charge in [0.05, 0.1) is 5.25 Å². The van der Waals surface area contributed by atoms with E-state index in [1.165, 1.54) is 13.8 Å². The van der Waals surface area contributed by atoms with E-state index >= 15 is 0 Å². The van der Waals surface area contributed by atoms with Crippen LogP contribution in [0.1, 0.15) is 13.8 Å². The fraction of sp³-hybridized carbons (Fsp3) is 1.00. The highest BCUT2D eigenvalue weighted by molar-refractivity contribution is 7.92. The molecule has 0 aromatic carbocycles. The van der Waals surface area contributed by atoms with Gasteiger partial charge in [0.25, 0.3) is 0 Å². The lowest BCUT2D eigenvalue weighted by Crippen LogP contribution is -2.34. The molecule has 1 unspecified atom stereocenters. The summed E-state index contributed by atoms with van der Waals surface area (Å²) in [5.74, 6) is 0. The van der Waals surface area contributed by atoms with Crippen molar-refractivity contribution in [2.75, 3.05) is 6.54 Å². The lowest BCUT2D eigenvalue weighted by atomic mass is 10.6. The van der Waals surface area contributed by atoms with Crippen LogP contribution >= 0.6 is 0 Å². The van der Waals surface area contributed by atoms with E-state index in [0.29, 0.717) is 0 Å². The summed E-state index contributed by atoms with van der Waals surface area (Å²) in [7, 11) is -3.40. The average Bonchev–Trinajstić information content (AvgIpc) is 1.86. The second kappa shape index (κ2) is 3.32. The number of aliphatic hydroxyl groups excluding tert-OH is 1. The summed E-state index contributed by atoms with van der Waals surface area (Å²) >= 11 is 0. The quantitative estimate of drug-likeness (QED) is 0.570. The van der Waals surface area contributed by atoms with Crippen LogP contribution < -0.4 is 5.73 Å². The minimum absolute atomic E-state index is 0.236. The Bertz CT molecular complexity index is 185. The van der Waals surface area contributed by atoms with E-state index < -0.39 is 20.5 Å². The topological polar surface area (TPSA) is 80.4 Å². The molecule has 0 aromatic heterocycles. The van der Waals surface area contributed by atoms with Crippen molar-refractivity contribution in [3.8, 4) is 0 Å². The van der Waals surface area contributed by atoms with Crippen molar-refractivity contribution in [3.63, 3.8) is 0 Å². The molecule has 0 bridgehead atoms. The summed E-state index contributed by atoms with van der Waals surface area (Å²) in [4.78, 5) is 0. The molecule has 0 saturated carbocycles. The fourth-order valence-corrected chi connectivity index (χ4v) is 1.34. The number of rotatable bonds is 3. The number of sulfone groups is 1. The normalized spacial score (nSPS) is 15.7. The van der Waals surface area contributed by atoms with Gasteiger partial charge >= 0.3 is 0 Å². The minimum Gasteiger partial charge on any atom is -0.376 e. The molecule has 5 heteroatoms. The summed E-state index contributed by atoms with van der Waals surface area (Å²) in [5, 5.41) is 8.28. The van der Waals surface area contributed by atoms with Gasteiger partial charge in [-0.05, 0) is 13.8 Å². The maximum Gasteiger partial charge on any atom is 0.180 e. The van der Waals surface area contributed by atoms with Crippen LogP contribution in [0.4, 0.5) is 0 Å².